The molecule has 17 heavy (non-hydrogen) atoms. The summed E-state index contributed by atoms with van der Waals surface area (Å²) in [5.41, 5.74) is 2.89. The van der Waals surface area contributed by atoms with Crippen molar-refractivity contribution in [1.29, 1.82) is 0 Å². The first-order chi connectivity index (χ1) is 8.31. The highest BCUT2D eigenvalue weighted by molar-refractivity contribution is 5.66. The van der Waals surface area contributed by atoms with Crippen molar-refractivity contribution in [2.75, 3.05) is 6.54 Å². The highest BCUT2D eigenvalue weighted by Crippen LogP contribution is 2.25. The smallest absolute Gasteiger partial charge is 0.123 e. The second kappa shape index (κ2) is 5.64. The summed E-state index contributed by atoms with van der Waals surface area (Å²) in [6.07, 6.45) is 4.32. The average Bonchev–Trinajstić information content (AvgIpc) is 2.85. The summed E-state index contributed by atoms with van der Waals surface area (Å²) in [4.78, 5) is 0. The molecule has 0 aliphatic rings. The van der Waals surface area contributed by atoms with Gasteiger partial charge < -0.3 is 9.73 Å². The molecule has 0 saturated carbocycles. The molecule has 0 saturated heterocycles. The Morgan fingerprint density at radius 3 is 2.88 bits per heavy atom. The molecule has 0 unspecified atom stereocenters. The molecule has 0 spiro atoms. The third-order valence-electron chi connectivity index (χ3n) is 2.65. The summed E-state index contributed by atoms with van der Waals surface area (Å²) in [6.45, 7) is 3.82. The minimum Gasteiger partial charge on any atom is -0.472 e. The molecule has 1 N–H and O–H groups in total. The molecular weight excluding hydrogens is 217 g/mol. The summed E-state index contributed by atoms with van der Waals surface area (Å²) in [5, 5.41) is 3.32. The minimum atomic E-state index is -0.222. The molecule has 90 valence electrons. The topological polar surface area (TPSA) is 25.2 Å². The van der Waals surface area contributed by atoms with Crippen molar-refractivity contribution in [3.05, 3.63) is 48.2 Å². The van der Waals surface area contributed by atoms with Gasteiger partial charge >= 0.3 is 0 Å². The number of rotatable bonds is 5. The molecule has 0 fully saturated rings. The van der Waals surface area contributed by atoms with Gasteiger partial charge in [-0.3, -0.25) is 0 Å². The van der Waals surface area contributed by atoms with Crippen LogP contribution in [0.4, 0.5) is 4.39 Å². The fraction of sp³-hybridized carbons (Fsp3) is 0.286. The molecule has 0 radical (unpaired) electrons. The van der Waals surface area contributed by atoms with Gasteiger partial charge in [0.15, 0.2) is 0 Å². The van der Waals surface area contributed by atoms with Gasteiger partial charge in [-0.2, -0.15) is 0 Å². The first kappa shape index (κ1) is 11.9. The Balaban J connectivity index is 2.25. The molecule has 1 heterocycles. The van der Waals surface area contributed by atoms with Gasteiger partial charge in [0, 0.05) is 12.1 Å². The third kappa shape index (κ3) is 2.94. The first-order valence-electron chi connectivity index (χ1n) is 5.83. The standard InChI is InChI=1S/C14H16FNO/c1-2-6-16-9-11-3-4-13(15)8-14(11)12-5-7-17-10-12/h3-5,7-8,10,16H,2,6,9H2,1H3. The highest BCUT2D eigenvalue weighted by atomic mass is 19.1. The van der Waals surface area contributed by atoms with Crippen LogP contribution in [-0.2, 0) is 6.54 Å². The van der Waals surface area contributed by atoms with Crippen LogP contribution < -0.4 is 5.32 Å². The predicted octanol–water partition coefficient (Wildman–Crippen LogP) is 3.59. The van der Waals surface area contributed by atoms with Crippen molar-refractivity contribution < 1.29 is 8.81 Å². The van der Waals surface area contributed by atoms with E-state index in [4.69, 9.17) is 4.42 Å². The zero-order valence-corrected chi connectivity index (χ0v) is 9.87. The highest BCUT2D eigenvalue weighted by Gasteiger charge is 2.07. The van der Waals surface area contributed by atoms with Crippen LogP contribution in [0.2, 0.25) is 0 Å². The zero-order chi connectivity index (χ0) is 12.1. The second-order valence-corrected chi connectivity index (χ2v) is 3.99. The van der Waals surface area contributed by atoms with Gasteiger partial charge in [0.2, 0.25) is 0 Å². The normalized spacial score (nSPS) is 10.7. The predicted molar refractivity (Wildman–Crippen MR) is 66.1 cm³/mol. The van der Waals surface area contributed by atoms with Gasteiger partial charge in [0.05, 0.1) is 12.5 Å². The van der Waals surface area contributed by atoms with Crippen molar-refractivity contribution in [2.45, 2.75) is 19.9 Å². The Morgan fingerprint density at radius 2 is 2.18 bits per heavy atom. The maximum absolute atomic E-state index is 13.3. The summed E-state index contributed by atoms with van der Waals surface area (Å²) in [5.74, 6) is -0.222. The lowest BCUT2D eigenvalue weighted by Crippen LogP contribution is -2.14. The van der Waals surface area contributed by atoms with E-state index in [9.17, 15) is 4.39 Å². The molecule has 0 atom stereocenters. The Labute approximate surface area is 100 Å². The van der Waals surface area contributed by atoms with E-state index in [0.717, 1.165) is 36.2 Å². The lowest BCUT2D eigenvalue weighted by atomic mass is 10.0. The van der Waals surface area contributed by atoms with Gasteiger partial charge in [-0.25, -0.2) is 4.39 Å². The van der Waals surface area contributed by atoms with Gasteiger partial charge in [-0.15, -0.1) is 0 Å². The number of furan rings is 1. The molecule has 2 aromatic rings. The van der Waals surface area contributed by atoms with Crippen LogP contribution >= 0.6 is 0 Å². The van der Waals surface area contributed by atoms with E-state index in [1.54, 1.807) is 18.6 Å². The lowest BCUT2D eigenvalue weighted by Gasteiger charge is -2.09. The second-order valence-electron chi connectivity index (χ2n) is 3.99. The third-order valence-corrected chi connectivity index (χ3v) is 2.65. The molecular formula is C14H16FNO. The van der Waals surface area contributed by atoms with Crippen molar-refractivity contribution in [2.24, 2.45) is 0 Å². The van der Waals surface area contributed by atoms with Gasteiger partial charge in [0.25, 0.3) is 0 Å². The van der Waals surface area contributed by atoms with E-state index in [0.29, 0.717) is 0 Å². The van der Waals surface area contributed by atoms with E-state index >= 15 is 0 Å². The first-order valence-corrected chi connectivity index (χ1v) is 5.83. The van der Waals surface area contributed by atoms with Crippen molar-refractivity contribution >= 4 is 0 Å². The van der Waals surface area contributed by atoms with E-state index in [1.807, 2.05) is 12.1 Å². The number of halogens is 1. The van der Waals surface area contributed by atoms with Crippen molar-refractivity contribution in [3.8, 4) is 11.1 Å². The van der Waals surface area contributed by atoms with Gasteiger partial charge in [-0.05, 0) is 42.3 Å². The molecule has 1 aromatic heterocycles. The van der Waals surface area contributed by atoms with Crippen LogP contribution in [0.3, 0.4) is 0 Å². The Hall–Kier alpha value is -1.61. The van der Waals surface area contributed by atoms with Crippen LogP contribution in [0.1, 0.15) is 18.9 Å². The van der Waals surface area contributed by atoms with E-state index in [-0.39, 0.29) is 5.82 Å². The van der Waals surface area contributed by atoms with Gasteiger partial charge in [-0.1, -0.05) is 13.0 Å². The molecule has 0 aliphatic carbocycles. The zero-order valence-electron chi connectivity index (χ0n) is 9.87. The molecule has 2 rings (SSSR count). The van der Waals surface area contributed by atoms with Crippen LogP contribution in [0, 0.1) is 5.82 Å². The van der Waals surface area contributed by atoms with Crippen LogP contribution in [-0.4, -0.2) is 6.54 Å². The van der Waals surface area contributed by atoms with Crippen molar-refractivity contribution in [1.82, 2.24) is 5.32 Å². The van der Waals surface area contributed by atoms with E-state index < -0.39 is 0 Å². The molecule has 0 bridgehead atoms. The van der Waals surface area contributed by atoms with Crippen LogP contribution in [0.15, 0.2) is 41.2 Å². The fourth-order valence-electron chi connectivity index (χ4n) is 1.79. The SMILES string of the molecule is CCCNCc1ccc(F)cc1-c1ccoc1. The Morgan fingerprint density at radius 1 is 1.29 bits per heavy atom. The maximum Gasteiger partial charge on any atom is 0.123 e. The number of hydrogen-bond acceptors (Lipinski definition) is 2. The molecule has 1 aromatic carbocycles. The Bertz CT molecular complexity index is 465. The summed E-state index contributed by atoms with van der Waals surface area (Å²) in [6, 6.07) is 6.71. The Kier molecular flexibility index (Phi) is 3.94. The lowest BCUT2D eigenvalue weighted by molar-refractivity contribution is 0.568. The van der Waals surface area contributed by atoms with Gasteiger partial charge in [0.1, 0.15) is 5.82 Å². The molecule has 2 nitrogen and oxygen atoms in total. The van der Waals surface area contributed by atoms with Crippen LogP contribution in [0.5, 0.6) is 0 Å². The number of hydrogen-bond donors (Lipinski definition) is 1. The fourth-order valence-corrected chi connectivity index (χ4v) is 1.79. The van der Waals surface area contributed by atoms with E-state index in [2.05, 4.69) is 12.2 Å². The molecule has 3 heteroatoms. The minimum absolute atomic E-state index is 0.222. The van der Waals surface area contributed by atoms with E-state index in [1.165, 1.54) is 6.07 Å². The quantitative estimate of drug-likeness (QED) is 0.798. The summed E-state index contributed by atoms with van der Waals surface area (Å²) >= 11 is 0. The largest absolute Gasteiger partial charge is 0.472 e. The summed E-state index contributed by atoms with van der Waals surface area (Å²) in [7, 11) is 0. The molecule has 0 aliphatic heterocycles. The molecule has 0 amide bonds. The number of benzene rings is 1. The van der Waals surface area contributed by atoms with Crippen LogP contribution in [0.25, 0.3) is 11.1 Å². The number of nitrogens with one attached hydrogen (secondary N) is 1. The average molecular weight is 233 g/mol. The summed E-state index contributed by atoms with van der Waals surface area (Å²) < 4.78 is 18.3. The monoisotopic (exact) mass is 233 g/mol. The maximum atomic E-state index is 13.3. The van der Waals surface area contributed by atoms with Crippen molar-refractivity contribution in [3.63, 3.8) is 0 Å².